The van der Waals surface area contributed by atoms with Gasteiger partial charge in [-0.3, -0.25) is 4.79 Å². The van der Waals surface area contributed by atoms with E-state index in [0.717, 1.165) is 11.1 Å². The van der Waals surface area contributed by atoms with Gasteiger partial charge in [0.25, 0.3) is 5.91 Å². The maximum atomic E-state index is 13.6. The standard InChI is InChI=1S/C16H13FN2O/c1-11-5-6-14(15(17)7-11)16(20)19-10-13-4-2-3-12(8-13)9-18/h2-8H,10H2,1H3,(H,19,20). The summed E-state index contributed by atoms with van der Waals surface area (Å²) < 4.78 is 13.6. The van der Waals surface area contributed by atoms with Crippen molar-refractivity contribution in [1.82, 2.24) is 5.32 Å². The molecule has 0 spiro atoms. The fourth-order valence-corrected chi connectivity index (χ4v) is 1.83. The van der Waals surface area contributed by atoms with Gasteiger partial charge in [-0.1, -0.05) is 18.2 Å². The highest BCUT2D eigenvalue weighted by Gasteiger charge is 2.11. The van der Waals surface area contributed by atoms with Crippen molar-refractivity contribution in [2.24, 2.45) is 0 Å². The number of nitriles is 1. The van der Waals surface area contributed by atoms with Crippen molar-refractivity contribution >= 4 is 5.91 Å². The molecule has 4 heteroatoms. The van der Waals surface area contributed by atoms with Crippen LogP contribution in [0.15, 0.2) is 42.5 Å². The number of nitrogens with zero attached hydrogens (tertiary/aromatic N) is 1. The van der Waals surface area contributed by atoms with Crippen LogP contribution < -0.4 is 5.32 Å². The lowest BCUT2D eigenvalue weighted by Crippen LogP contribution is -2.23. The Balaban J connectivity index is 2.07. The van der Waals surface area contributed by atoms with E-state index in [2.05, 4.69) is 5.32 Å². The molecule has 2 rings (SSSR count). The van der Waals surface area contributed by atoms with Crippen molar-refractivity contribution in [2.45, 2.75) is 13.5 Å². The number of aryl methyl sites for hydroxylation is 1. The molecule has 0 heterocycles. The van der Waals surface area contributed by atoms with E-state index in [1.807, 2.05) is 6.07 Å². The van der Waals surface area contributed by atoms with Gasteiger partial charge in [0.1, 0.15) is 5.82 Å². The van der Waals surface area contributed by atoms with E-state index in [1.165, 1.54) is 12.1 Å². The second-order valence-corrected chi connectivity index (χ2v) is 4.48. The Labute approximate surface area is 116 Å². The molecule has 0 aliphatic heterocycles. The van der Waals surface area contributed by atoms with Gasteiger partial charge in [0.05, 0.1) is 17.2 Å². The molecular formula is C16H13FN2O. The van der Waals surface area contributed by atoms with E-state index in [0.29, 0.717) is 5.56 Å². The molecule has 0 fully saturated rings. The quantitative estimate of drug-likeness (QED) is 0.930. The largest absolute Gasteiger partial charge is 0.348 e. The Hall–Kier alpha value is -2.67. The summed E-state index contributed by atoms with van der Waals surface area (Å²) >= 11 is 0. The predicted molar refractivity (Wildman–Crippen MR) is 73.5 cm³/mol. The lowest BCUT2D eigenvalue weighted by Gasteiger charge is -2.07. The number of halogens is 1. The molecule has 1 N–H and O–H groups in total. The third kappa shape index (κ3) is 3.21. The molecule has 3 nitrogen and oxygen atoms in total. The van der Waals surface area contributed by atoms with Crippen LogP contribution in [0.3, 0.4) is 0 Å². The number of carbonyl (C=O) groups is 1. The summed E-state index contributed by atoms with van der Waals surface area (Å²) in [5, 5.41) is 11.4. The summed E-state index contributed by atoms with van der Waals surface area (Å²) in [5.74, 6) is -1.00. The number of benzene rings is 2. The molecule has 0 aliphatic rings. The van der Waals surface area contributed by atoms with Crippen LogP contribution in [0.4, 0.5) is 4.39 Å². The van der Waals surface area contributed by atoms with Crippen LogP contribution in [0.25, 0.3) is 0 Å². The molecule has 1 amide bonds. The van der Waals surface area contributed by atoms with Crippen LogP contribution in [-0.2, 0) is 6.54 Å². The van der Waals surface area contributed by atoms with Gasteiger partial charge in [-0.25, -0.2) is 4.39 Å². The van der Waals surface area contributed by atoms with Gasteiger partial charge >= 0.3 is 0 Å². The van der Waals surface area contributed by atoms with Crippen molar-refractivity contribution in [1.29, 1.82) is 5.26 Å². The molecule has 2 aromatic rings. The molecule has 0 saturated carbocycles. The number of hydrogen-bond acceptors (Lipinski definition) is 2. The van der Waals surface area contributed by atoms with E-state index < -0.39 is 11.7 Å². The zero-order valence-electron chi connectivity index (χ0n) is 11.0. The highest BCUT2D eigenvalue weighted by atomic mass is 19.1. The summed E-state index contributed by atoms with van der Waals surface area (Å²) in [7, 11) is 0. The first-order valence-electron chi connectivity index (χ1n) is 6.13. The van der Waals surface area contributed by atoms with E-state index in [4.69, 9.17) is 5.26 Å². The fraction of sp³-hybridized carbons (Fsp3) is 0.125. The number of rotatable bonds is 3. The third-order valence-electron chi connectivity index (χ3n) is 2.88. The average molecular weight is 268 g/mol. The van der Waals surface area contributed by atoms with Gasteiger partial charge in [-0.05, 0) is 42.3 Å². The Morgan fingerprint density at radius 2 is 2.10 bits per heavy atom. The summed E-state index contributed by atoms with van der Waals surface area (Å²) in [5.41, 5.74) is 2.11. The van der Waals surface area contributed by atoms with Crippen molar-refractivity contribution in [3.63, 3.8) is 0 Å². The zero-order chi connectivity index (χ0) is 14.5. The molecule has 0 unspecified atom stereocenters. The van der Waals surface area contributed by atoms with Gasteiger partial charge in [-0.15, -0.1) is 0 Å². The van der Waals surface area contributed by atoms with Crippen molar-refractivity contribution in [2.75, 3.05) is 0 Å². The average Bonchev–Trinajstić information content (AvgIpc) is 2.45. The molecule has 2 aromatic carbocycles. The predicted octanol–water partition coefficient (Wildman–Crippen LogP) is 2.94. The monoisotopic (exact) mass is 268 g/mol. The summed E-state index contributed by atoms with van der Waals surface area (Å²) in [4.78, 5) is 11.9. The lowest BCUT2D eigenvalue weighted by atomic mass is 10.1. The second kappa shape index (κ2) is 5.98. The maximum absolute atomic E-state index is 13.6. The molecular weight excluding hydrogens is 255 g/mol. The van der Waals surface area contributed by atoms with Gasteiger partial charge in [0, 0.05) is 6.54 Å². The normalized spacial score (nSPS) is 9.85. The first-order chi connectivity index (χ1) is 9.60. The van der Waals surface area contributed by atoms with Gasteiger partial charge in [-0.2, -0.15) is 5.26 Å². The van der Waals surface area contributed by atoms with Crippen LogP contribution in [0.1, 0.15) is 27.0 Å². The number of carbonyl (C=O) groups excluding carboxylic acids is 1. The van der Waals surface area contributed by atoms with E-state index >= 15 is 0 Å². The number of nitrogens with one attached hydrogen (secondary N) is 1. The molecule has 0 radical (unpaired) electrons. The minimum Gasteiger partial charge on any atom is -0.348 e. The fourth-order valence-electron chi connectivity index (χ4n) is 1.83. The SMILES string of the molecule is Cc1ccc(C(=O)NCc2cccc(C#N)c2)c(F)c1. The zero-order valence-corrected chi connectivity index (χ0v) is 11.0. The van der Waals surface area contributed by atoms with Gasteiger partial charge in [0.2, 0.25) is 0 Å². The topological polar surface area (TPSA) is 52.9 Å². The second-order valence-electron chi connectivity index (χ2n) is 4.48. The Morgan fingerprint density at radius 1 is 1.30 bits per heavy atom. The number of amides is 1. The minimum absolute atomic E-state index is 0.0204. The van der Waals surface area contributed by atoms with E-state index in [1.54, 1.807) is 37.3 Å². The van der Waals surface area contributed by atoms with Gasteiger partial charge < -0.3 is 5.32 Å². The van der Waals surface area contributed by atoms with E-state index in [-0.39, 0.29) is 12.1 Å². The lowest BCUT2D eigenvalue weighted by molar-refractivity contribution is 0.0947. The highest BCUT2D eigenvalue weighted by molar-refractivity contribution is 5.94. The smallest absolute Gasteiger partial charge is 0.254 e. The Kier molecular flexibility index (Phi) is 4.11. The molecule has 100 valence electrons. The van der Waals surface area contributed by atoms with Crippen LogP contribution in [-0.4, -0.2) is 5.91 Å². The summed E-state index contributed by atoms with van der Waals surface area (Å²) in [6, 6.07) is 13.4. The minimum atomic E-state index is -0.534. The molecule has 0 bridgehead atoms. The van der Waals surface area contributed by atoms with Crippen LogP contribution in [0, 0.1) is 24.1 Å². The molecule has 0 aliphatic carbocycles. The van der Waals surface area contributed by atoms with E-state index in [9.17, 15) is 9.18 Å². The first-order valence-corrected chi connectivity index (χ1v) is 6.13. The summed E-state index contributed by atoms with van der Waals surface area (Å²) in [6.45, 7) is 2.01. The van der Waals surface area contributed by atoms with Gasteiger partial charge in [0.15, 0.2) is 0 Å². The Bertz CT molecular complexity index is 689. The Morgan fingerprint density at radius 3 is 2.80 bits per heavy atom. The highest BCUT2D eigenvalue weighted by Crippen LogP contribution is 2.10. The van der Waals surface area contributed by atoms with Crippen LogP contribution >= 0.6 is 0 Å². The van der Waals surface area contributed by atoms with Crippen molar-refractivity contribution in [3.8, 4) is 6.07 Å². The maximum Gasteiger partial charge on any atom is 0.254 e. The van der Waals surface area contributed by atoms with Crippen molar-refractivity contribution in [3.05, 3.63) is 70.5 Å². The molecule has 20 heavy (non-hydrogen) atoms. The first kappa shape index (κ1) is 13.8. The number of hydrogen-bond donors (Lipinski definition) is 1. The molecule has 0 aromatic heterocycles. The van der Waals surface area contributed by atoms with Crippen LogP contribution in [0.2, 0.25) is 0 Å². The third-order valence-corrected chi connectivity index (χ3v) is 2.88. The summed E-state index contributed by atoms with van der Waals surface area (Å²) in [6.07, 6.45) is 0. The molecule has 0 atom stereocenters. The van der Waals surface area contributed by atoms with Crippen molar-refractivity contribution < 1.29 is 9.18 Å². The molecule has 0 saturated heterocycles. The van der Waals surface area contributed by atoms with Crippen LogP contribution in [0.5, 0.6) is 0 Å².